The van der Waals surface area contributed by atoms with E-state index in [0.29, 0.717) is 11.6 Å². The molecule has 0 saturated heterocycles. The molecule has 1 aliphatic carbocycles. The van der Waals surface area contributed by atoms with Crippen molar-refractivity contribution in [1.82, 2.24) is 19.5 Å². The fraction of sp³-hybridized carbons (Fsp3) is 0.364. The summed E-state index contributed by atoms with van der Waals surface area (Å²) in [6.07, 6.45) is 6.74. The van der Waals surface area contributed by atoms with Gasteiger partial charge in [0.25, 0.3) is 0 Å². The van der Waals surface area contributed by atoms with Crippen molar-refractivity contribution in [3.05, 3.63) is 23.7 Å². The highest BCUT2D eigenvalue weighted by Gasteiger charge is 2.19. The lowest BCUT2D eigenvalue weighted by atomic mass is 10.2. The molecule has 2 aromatic heterocycles. The van der Waals surface area contributed by atoms with E-state index in [1.807, 2.05) is 17.8 Å². The van der Waals surface area contributed by atoms with Crippen molar-refractivity contribution in [2.24, 2.45) is 7.05 Å². The van der Waals surface area contributed by atoms with Crippen LogP contribution in [0.3, 0.4) is 0 Å². The Morgan fingerprint density at radius 2 is 2.19 bits per heavy atom. The molecule has 5 nitrogen and oxygen atoms in total. The van der Waals surface area contributed by atoms with Crippen LogP contribution in [-0.4, -0.2) is 19.5 Å². The Labute approximate surface area is 93.4 Å². The summed E-state index contributed by atoms with van der Waals surface area (Å²) >= 11 is 0. The summed E-state index contributed by atoms with van der Waals surface area (Å²) in [6, 6.07) is 0. The van der Waals surface area contributed by atoms with E-state index in [4.69, 9.17) is 5.73 Å². The maximum Gasteiger partial charge on any atom is 0.198 e. The molecule has 3 rings (SSSR count). The molecule has 0 radical (unpaired) electrons. The second-order valence-electron chi connectivity index (χ2n) is 4.07. The van der Waals surface area contributed by atoms with Crippen LogP contribution in [0.5, 0.6) is 0 Å². The first-order chi connectivity index (χ1) is 7.75. The zero-order chi connectivity index (χ0) is 11.1. The van der Waals surface area contributed by atoms with Crippen LogP contribution in [0.1, 0.15) is 17.7 Å². The number of imidazole rings is 1. The molecule has 82 valence electrons. The monoisotopic (exact) mass is 215 g/mol. The van der Waals surface area contributed by atoms with E-state index >= 15 is 0 Å². The summed E-state index contributed by atoms with van der Waals surface area (Å²) in [7, 11) is 1.93. The Kier molecular flexibility index (Phi) is 1.92. The number of aryl methyl sites for hydroxylation is 2. The molecule has 0 bridgehead atoms. The zero-order valence-electron chi connectivity index (χ0n) is 9.14. The molecule has 0 spiro atoms. The Bertz CT molecular complexity index is 543. The van der Waals surface area contributed by atoms with Crippen molar-refractivity contribution in [2.45, 2.75) is 19.3 Å². The number of rotatable bonds is 1. The maximum absolute atomic E-state index is 5.94. The van der Waals surface area contributed by atoms with Crippen LogP contribution in [0.15, 0.2) is 12.4 Å². The largest absolute Gasteiger partial charge is 0.383 e. The van der Waals surface area contributed by atoms with Crippen molar-refractivity contribution in [3.63, 3.8) is 0 Å². The van der Waals surface area contributed by atoms with Gasteiger partial charge in [0.1, 0.15) is 5.82 Å². The first-order valence-corrected chi connectivity index (χ1v) is 5.38. The fourth-order valence-corrected chi connectivity index (χ4v) is 2.14. The van der Waals surface area contributed by atoms with E-state index in [0.717, 1.165) is 36.3 Å². The first kappa shape index (κ1) is 9.33. The van der Waals surface area contributed by atoms with Gasteiger partial charge in [-0.3, -0.25) is 0 Å². The summed E-state index contributed by atoms with van der Waals surface area (Å²) in [4.78, 5) is 13.1. The fourth-order valence-electron chi connectivity index (χ4n) is 2.14. The lowest BCUT2D eigenvalue weighted by Gasteiger charge is -2.06. The van der Waals surface area contributed by atoms with Gasteiger partial charge in [0.05, 0.1) is 0 Å². The molecule has 2 aromatic rings. The Balaban J connectivity index is 2.17. The lowest BCUT2D eigenvalue weighted by Crippen LogP contribution is -2.05. The number of hydrogen-bond acceptors (Lipinski definition) is 4. The standard InChI is InChI=1S/C11H13N5/c1-16-6-5-13-11(16)10-14-8-4-2-3-7(8)9(12)15-10/h5-6H,2-4H2,1H3,(H2,12,14,15). The van der Waals surface area contributed by atoms with Crippen LogP contribution < -0.4 is 5.73 Å². The molecule has 0 saturated carbocycles. The topological polar surface area (TPSA) is 69.6 Å². The van der Waals surface area contributed by atoms with Gasteiger partial charge in [0.2, 0.25) is 0 Å². The molecule has 2 N–H and O–H groups in total. The molecule has 1 aliphatic rings. The maximum atomic E-state index is 5.94. The SMILES string of the molecule is Cn1ccnc1-c1nc(N)c2c(n1)CCC2. The molecule has 0 aromatic carbocycles. The quantitative estimate of drug-likeness (QED) is 0.768. The molecule has 0 amide bonds. The highest BCUT2D eigenvalue weighted by atomic mass is 15.1. The van der Waals surface area contributed by atoms with Crippen molar-refractivity contribution < 1.29 is 0 Å². The average molecular weight is 215 g/mol. The summed E-state index contributed by atoms with van der Waals surface area (Å²) in [5, 5.41) is 0. The molecule has 2 heterocycles. The molecule has 0 atom stereocenters. The third-order valence-corrected chi connectivity index (χ3v) is 2.99. The second-order valence-corrected chi connectivity index (χ2v) is 4.07. The average Bonchev–Trinajstić information content (AvgIpc) is 2.85. The molecule has 0 fully saturated rings. The summed E-state index contributed by atoms with van der Waals surface area (Å²) in [6.45, 7) is 0. The third kappa shape index (κ3) is 1.28. The third-order valence-electron chi connectivity index (χ3n) is 2.99. The summed E-state index contributed by atoms with van der Waals surface area (Å²) in [5.41, 5.74) is 8.15. The van der Waals surface area contributed by atoms with E-state index in [-0.39, 0.29) is 0 Å². The Morgan fingerprint density at radius 1 is 1.31 bits per heavy atom. The van der Waals surface area contributed by atoms with Gasteiger partial charge in [-0.1, -0.05) is 0 Å². The van der Waals surface area contributed by atoms with E-state index < -0.39 is 0 Å². The van der Waals surface area contributed by atoms with Crippen LogP contribution in [0, 0.1) is 0 Å². The Hall–Kier alpha value is -1.91. The molecule has 0 aliphatic heterocycles. The minimum absolute atomic E-state index is 0.612. The van der Waals surface area contributed by atoms with Gasteiger partial charge in [0.15, 0.2) is 11.6 Å². The number of nitrogens with zero attached hydrogens (tertiary/aromatic N) is 4. The first-order valence-electron chi connectivity index (χ1n) is 5.38. The Morgan fingerprint density at radius 3 is 2.94 bits per heavy atom. The molecular weight excluding hydrogens is 202 g/mol. The molecule has 0 unspecified atom stereocenters. The summed E-state index contributed by atoms with van der Waals surface area (Å²) in [5.74, 6) is 2.01. The van der Waals surface area contributed by atoms with Gasteiger partial charge in [-0.2, -0.15) is 0 Å². The van der Waals surface area contributed by atoms with Crippen molar-refractivity contribution in [2.75, 3.05) is 5.73 Å². The van der Waals surface area contributed by atoms with Crippen molar-refractivity contribution in [3.8, 4) is 11.6 Å². The highest BCUT2D eigenvalue weighted by Crippen LogP contribution is 2.26. The van der Waals surface area contributed by atoms with Crippen LogP contribution in [0.2, 0.25) is 0 Å². The minimum Gasteiger partial charge on any atom is -0.383 e. The van der Waals surface area contributed by atoms with Crippen molar-refractivity contribution >= 4 is 5.82 Å². The van der Waals surface area contributed by atoms with Crippen LogP contribution in [0.4, 0.5) is 5.82 Å². The van der Waals surface area contributed by atoms with Gasteiger partial charge < -0.3 is 10.3 Å². The molecule has 5 heteroatoms. The molecular formula is C11H13N5. The normalized spacial score (nSPS) is 14.1. The van der Waals surface area contributed by atoms with Gasteiger partial charge in [-0.15, -0.1) is 0 Å². The number of anilines is 1. The summed E-state index contributed by atoms with van der Waals surface area (Å²) < 4.78 is 1.90. The highest BCUT2D eigenvalue weighted by molar-refractivity contribution is 5.53. The van der Waals surface area contributed by atoms with E-state index in [1.165, 1.54) is 0 Å². The van der Waals surface area contributed by atoms with Gasteiger partial charge in [-0.25, -0.2) is 15.0 Å². The number of nitrogen functional groups attached to an aromatic ring is 1. The minimum atomic E-state index is 0.612. The van der Waals surface area contributed by atoms with E-state index in [9.17, 15) is 0 Å². The number of nitrogens with two attached hydrogens (primary N) is 1. The second kappa shape index (κ2) is 3.30. The van der Waals surface area contributed by atoms with Crippen molar-refractivity contribution in [1.29, 1.82) is 0 Å². The van der Waals surface area contributed by atoms with Crippen LogP contribution in [-0.2, 0) is 19.9 Å². The number of aromatic nitrogens is 4. The number of hydrogen-bond donors (Lipinski definition) is 1. The predicted molar refractivity (Wildman–Crippen MR) is 60.7 cm³/mol. The van der Waals surface area contributed by atoms with Gasteiger partial charge in [0, 0.05) is 30.7 Å². The lowest BCUT2D eigenvalue weighted by molar-refractivity contribution is 0.888. The zero-order valence-corrected chi connectivity index (χ0v) is 9.14. The molecule has 16 heavy (non-hydrogen) atoms. The van der Waals surface area contributed by atoms with Gasteiger partial charge >= 0.3 is 0 Å². The van der Waals surface area contributed by atoms with E-state index in [2.05, 4.69) is 15.0 Å². The van der Waals surface area contributed by atoms with Crippen LogP contribution in [0.25, 0.3) is 11.6 Å². The van der Waals surface area contributed by atoms with E-state index in [1.54, 1.807) is 6.20 Å². The van der Waals surface area contributed by atoms with Gasteiger partial charge in [-0.05, 0) is 19.3 Å². The van der Waals surface area contributed by atoms with Crippen LogP contribution >= 0.6 is 0 Å². The number of fused-ring (bicyclic) bond motifs is 1. The predicted octanol–water partition coefficient (Wildman–Crippen LogP) is 0.948. The smallest absolute Gasteiger partial charge is 0.198 e.